The molecule has 1 aromatic rings. The van der Waals surface area contributed by atoms with Crippen LogP contribution in [0, 0.1) is 5.92 Å². The second kappa shape index (κ2) is 5.82. The number of hydrogen-bond acceptors (Lipinski definition) is 1. The summed E-state index contributed by atoms with van der Waals surface area (Å²) < 4.78 is 1.30. The molecule has 1 atom stereocenters. The van der Waals surface area contributed by atoms with Crippen LogP contribution in [0.25, 0.3) is 17.2 Å². The molecule has 0 spiro atoms. The van der Waals surface area contributed by atoms with E-state index in [1.165, 1.54) is 48.5 Å². The number of halogens is 1. The summed E-state index contributed by atoms with van der Waals surface area (Å²) in [5.41, 5.74) is 5.87. The van der Waals surface area contributed by atoms with Gasteiger partial charge in [0, 0.05) is 19.8 Å². The highest BCUT2D eigenvalue weighted by Gasteiger charge is 2.24. The lowest BCUT2D eigenvalue weighted by atomic mass is 9.97. The van der Waals surface area contributed by atoms with Crippen LogP contribution in [0.5, 0.6) is 0 Å². The SMILES string of the molecule is CC1=Cc2c(Br)c3c(cc2=C1CCC1C=CC=C1)SC(C)C=3C. The molecule has 0 saturated heterocycles. The van der Waals surface area contributed by atoms with Gasteiger partial charge in [0.2, 0.25) is 0 Å². The molecule has 0 saturated carbocycles. The molecule has 0 aromatic heterocycles. The number of hydrogen-bond donors (Lipinski definition) is 0. The van der Waals surface area contributed by atoms with E-state index >= 15 is 0 Å². The Bertz CT molecular complexity index is 887. The Morgan fingerprint density at radius 1 is 1.17 bits per heavy atom. The Labute approximate surface area is 150 Å². The normalized spacial score (nSPS) is 22.1. The minimum atomic E-state index is 0.589. The molecule has 118 valence electrons. The van der Waals surface area contributed by atoms with E-state index in [0.29, 0.717) is 11.2 Å². The molecule has 1 unspecified atom stereocenters. The van der Waals surface area contributed by atoms with Gasteiger partial charge in [-0.15, -0.1) is 11.8 Å². The second-order valence-electron chi connectivity index (χ2n) is 6.75. The molecule has 1 aliphatic heterocycles. The van der Waals surface area contributed by atoms with E-state index in [4.69, 9.17) is 0 Å². The van der Waals surface area contributed by atoms with Crippen LogP contribution in [0.2, 0.25) is 0 Å². The summed E-state index contributed by atoms with van der Waals surface area (Å²) in [6.07, 6.45) is 13.7. The van der Waals surface area contributed by atoms with E-state index in [1.54, 1.807) is 0 Å². The van der Waals surface area contributed by atoms with Crippen LogP contribution in [0.15, 0.2) is 45.3 Å². The highest BCUT2D eigenvalue weighted by atomic mass is 79.9. The second-order valence-corrected chi connectivity index (χ2v) is 8.92. The van der Waals surface area contributed by atoms with Crippen molar-refractivity contribution >= 4 is 44.9 Å². The molecule has 0 N–H and O–H groups in total. The zero-order valence-corrected chi connectivity index (χ0v) is 16.2. The summed E-state index contributed by atoms with van der Waals surface area (Å²) in [4.78, 5) is 1.45. The number of thioether (sulfide) groups is 1. The monoisotopic (exact) mass is 384 g/mol. The van der Waals surface area contributed by atoms with Gasteiger partial charge in [-0.1, -0.05) is 29.9 Å². The molecule has 0 radical (unpaired) electrons. The van der Waals surface area contributed by atoms with Gasteiger partial charge in [-0.25, -0.2) is 0 Å². The lowest BCUT2D eigenvalue weighted by Gasteiger charge is -2.08. The van der Waals surface area contributed by atoms with Gasteiger partial charge in [0.05, 0.1) is 0 Å². The molecule has 2 aliphatic carbocycles. The van der Waals surface area contributed by atoms with Gasteiger partial charge < -0.3 is 0 Å². The summed E-state index contributed by atoms with van der Waals surface area (Å²) in [6, 6.07) is 2.44. The molecule has 3 aliphatic rings. The Kier molecular flexibility index (Phi) is 3.93. The van der Waals surface area contributed by atoms with Crippen molar-refractivity contribution in [2.45, 2.75) is 43.8 Å². The molecule has 1 aromatic carbocycles. The van der Waals surface area contributed by atoms with Gasteiger partial charge in [-0.2, -0.15) is 0 Å². The third-order valence-corrected chi connectivity index (χ3v) is 7.40. The molecule has 0 nitrogen and oxygen atoms in total. The molecule has 0 bridgehead atoms. The van der Waals surface area contributed by atoms with Crippen LogP contribution in [-0.2, 0) is 0 Å². The van der Waals surface area contributed by atoms with Crippen molar-refractivity contribution in [3.63, 3.8) is 0 Å². The molecule has 23 heavy (non-hydrogen) atoms. The zero-order valence-electron chi connectivity index (χ0n) is 13.8. The average molecular weight is 385 g/mol. The van der Waals surface area contributed by atoms with Crippen LogP contribution in [0.1, 0.15) is 39.2 Å². The zero-order chi connectivity index (χ0) is 16.1. The lowest BCUT2D eigenvalue weighted by Crippen LogP contribution is -2.18. The lowest BCUT2D eigenvalue weighted by molar-refractivity contribution is 0.736. The van der Waals surface area contributed by atoms with Crippen LogP contribution in [0.3, 0.4) is 0 Å². The van der Waals surface area contributed by atoms with Gasteiger partial charge in [-0.05, 0) is 89.5 Å². The van der Waals surface area contributed by atoms with E-state index in [0.717, 1.165) is 6.42 Å². The first-order chi connectivity index (χ1) is 11.1. The van der Waals surface area contributed by atoms with Crippen LogP contribution >= 0.6 is 27.7 Å². The minimum Gasteiger partial charge on any atom is -0.118 e. The topological polar surface area (TPSA) is 0 Å². The Morgan fingerprint density at radius 3 is 2.65 bits per heavy atom. The maximum Gasteiger partial charge on any atom is 0.0337 e. The summed E-state index contributed by atoms with van der Waals surface area (Å²) in [7, 11) is 0. The molecular formula is C21H21BrS. The molecule has 0 fully saturated rings. The Hall–Kier alpha value is -0.990. The van der Waals surface area contributed by atoms with E-state index in [-0.39, 0.29) is 0 Å². The van der Waals surface area contributed by atoms with Crippen molar-refractivity contribution in [3.05, 3.63) is 56.4 Å². The average Bonchev–Trinajstić information content (AvgIpc) is 3.19. The van der Waals surface area contributed by atoms with Crippen molar-refractivity contribution in [3.8, 4) is 0 Å². The van der Waals surface area contributed by atoms with E-state index in [1.807, 2.05) is 11.8 Å². The van der Waals surface area contributed by atoms with Crippen molar-refractivity contribution in [2.75, 3.05) is 0 Å². The standard InChI is InChI=1S/C21H21BrS/c1-12-10-18-17(16(12)9-8-15-6-4-5-7-15)11-19-20(21(18)22)13(2)14(3)23-19/h4-7,10-11,14-15H,8-9H2,1-3H3. The largest absolute Gasteiger partial charge is 0.118 e. The van der Waals surface area contributed by atoms with Crippen molar-refractivity contribution in [2.24, 2.45) is 5.92 Å². The van der Waals surface area contributed by atoms with Gasteiger partial charge in [0.1, 0.15) is 0 Å². The van der Waals surface area contributed by atoms with Crippen molar-refractivity contribution < 1.29 is 0 Å². The maximum atomic E-state index is 3.91. The first-order valence-electron chi connectivity index (χ1n) is 8.33. The fraction of sp³-hybridized carbons (Fsp3) is 0.333. The number of benzene rings is 1. The predicted octanol–water partition coefficient (Wildman–Crippen LogP) is 5.20. The van der Waals surface area contributed by atoms with Gasteiger partial charge >= 0.3 is 0 Å². The fourth-order valence-corrected chi connectivity index (χ4v) is 6.03. The highest BCUT2D eigenvalue weighted by Crippen LogP contribution is 2.36. The summed E-state index contributed by atoms with van der Waals surface area (Å²) in [5.74, 6) is 0.613. The molecular weight excluding hydrogens is 364 g/mol. The van der Waals surface area contributed by atoms with Gasteiger partial charge in [-0.3, -0.25) is 0 Å². The first-order valence-corrected chi connectivity index (χ1v) is 10.0. The minimum absolute atomic E-state index is 0.589. The fourth-order valence-electron chi connectivity index (χ4n) is 3.80. The number of fused-ring (bicyclic) bond motifs is 2. The third kappa shape index (κ3) is 2.51. The third-order valence-electron chi connectivity index (χ3n) is 5.29. The predicted molar refractivity (Wildman–Crippen MR) is 106 cm³/mol. The summed E-state index contributed by atoms with van der Waals surface area (Å²) in [5, 5.41) is 3.48. The maximum absolute atomic E-state index is 3.91. The highest BCUT2D eigenvalue weighted by molar-refractivity contribution is 9.10. The van der Waals surface area contributed by atoms with E-state index in [2.05, 4.69) is 73.1 Å². The first kappa shape index (κ1) is 15.5. The molecule has 0 amide bonds. The Balaban J connectivity index is 1.81. The smallest absolute Gasteiger partial charge is 0.0337 e. The Morgan fingerprint density at radius 2 is 1.91 bits per heavy atom. The van der Waals surface area contributed by atoms with Crippen molar-refractivity contribution in [1.29, 1.82) is 0 Å². The van der Waals surface area contributed by atoms with E-state index < -0.39 is 0 Å². The molecule has 1 heterocycles. The quantitative estimate of drug-likeness (QED) is 0.689. The van der Waals surface area contributed by atoms with Crippen LogP contribution in [0.4, 0.5) is 0 Å². The molecule has 2 heteroatoms. The van der Waals surface area contributed by atoms with Gasteiger partial charge in [0.15, 0.2) is 0 Å². The van der Waals surface area contributed by atoms with Crippen LogP contribution in [-0.4, -0.2) is 5.25 Å². The van der Waals surface area contributed by atoms with E-state index in [9.17, 15) is 0 Å². The van der Waals surface area contributed by atoms with Crippen molar-refractivity contribution in [1.82, 2.24) is 0 Å². The number of rotatable bonds is 3. The summed E-state index contributed by atoms with van der Waals surface area (Å²) >= 11 is 5.91. The molecule has 4 rings (SSSR count). The number of allylic oxidation sites excluding steroid dienone is 5. The van der Waals surface area contributed by atoms with Crippen LogP contribution < -0.4 is 10.4 Å². The summed E-state index contributed by atoms with van der Waals surface area (Å²) in [6.45, 7) is 6.84. The van der Waals surface area contributed by atoms with Gasteiger partial charge in [0.25, 0.3) is 0 Å².